The second-order valence-corrected chi connectivity index (χ2v) is 6.30. The lowest BCUT2D eigenvalue weighted by molar-refractivity contribution is -0.153. The standard InChI is InChI=1S/C19H27NO6/c1-13-7-5-6-8-20(13)17(21)12-26-18(22)11-14-9-15(23-2)19(25-4)16(10-14)24-3/h9-10,13H,5-8,11-12H2,1-4H3/t13-/m0/s1. The molecule has 0 bridgehead atoms. The zero-order valence-electron chi connectivity index (χ0n) is 15.9. The normalized spacial score (nSPS) is 16.8. The van der Waals surface area contributed by atoms with Crippen molar-refractivity contribution < 1.29 is 28.5 Å². The number of esters is 1. The fourth-order valence-corrected chi connectivity index (χ4v) is 3.15. The van der Waals surface area contributed by atoms with Gasteiger partial charge in [-0.3, -0.25) is 9.59 Å². The first-order valence-electron chi connectivity index (χ1n) is 8.74. The molecule has 1 aliphatic rings. The number of benzene rings is 1. The van der Waals surface area contributed by atoms with Crippen molar-refractivity contribution in [2.45, 2.75) is 38.6 Å². The maximum Gasteiger partial charge on any atom is 0.310 e. The van der Waals surface area contributed by atoms with Crippen molar-refractivity contribution in [2.75, 3.05) is 34.5 Å². The van der Waals surface area contributed by atoms with Crippen LogP contribution >= 0.6 is 0 Å². The SMILES string of the molecule is COc1cc(CC(=O)OCC(=O)N2CCCC[C@@H]2C)cc(OC)c1OC. The van der Waals surface area contributed by atoms with Crippen LogP contribution in [0.1, 0.15) is 31.7 Å². The molecule has 1 aromatic rings. The van der Waals surface area contributed by atoms with Crippen molar-refractivity contribution >= 4 is 11.9 Å². The molecule has 2 rings (SSSR count). The van der Waals surface area contributed by atoms with Crippen LogP contribution < -0.4 is 14.2 Å². The molecule has 0 saturated carbocycles. The van der Waals surface area contributed by atoms with Gasteiger partial charge < -0.3 is 23.8 Å². The predicted molar refractivity (Wildman–Crippen MR) is 95.8 cm³/mol. The summed E-state index contributed by atoms with van der Waals surface area (Å²) in [6.45, 7) is 2.52. The Morgan fingerprint density at radius 3 is 2.27 bits per heavy atom. The van der Waals surface area contributed by atoms with Crippen LogP contribution in [0, 0.1) is 0 Å². The van der Waals surface area contributed by atoms with Gasteiger partial charge in [-0.2, -0.15) is 0 Å². The van der Waals surface area contributed by atoms with E-state index < -0.39 is 5.97 Å². The summed E-state index contributed by atoms with van der Waals surface area (Å²) in [5.41, 5.74) is 0.656. The highest BCUT2D eigenvalue weighted by molar-refractivity contribution is 5.81. The molecule has 0 spiro atoms. The van der Waals surface area contributed by atoms with Crippen molar-refractivity contribution in [1.29, 1.82) is 0 Å². The second kappa shape index (κ2) is 9.31. The Kier molecular flexibility index (Phi) is 7.12. The maximum atomic E-state index is 12.2. The van der Waals surface area contributed by atoms with E-state index in [1.807, 2.05) is 6.92 Å². The van der Waals surface area contributed by atoms with Gasteiger partial charge in [0.2, 0.25) is 5.75 Å². The number of methoxy groups -OCH3 is 3. The van der Waals surface area contributed by atoms with Gasteiger partial charge in [-0.15, -0.1) is 0 Å². The van der Waals surface area contributed by atoms with E-state index in [0.717, 1.165) is 25.8 Å². The fraction of sp³-hybridized carbons (Fsp3) is 0.579. The third kappa shape index (κ3) is 4.80. The molecular formula is C19H27NO6. The Balaban J connectivity index is 1.96. The molecule has 1 atom stereocenters. The van der Waals surface area contributed by atoms with Crippen LogP contribution in [0.2, 0.25) is 0 Å². The zero-order chi connectivity index (χ0) is 19.1. The van der Waals surface area contributed by atoms with Crippen LogP contribution in [-0.2, 0) is 20.7 Å². The third-order valence-electron chi connectivity index (χ3n) is 4.55. The van der Waals surface area contributed by atoms with E-state index in [1.54, 1.807) is 17.0 Å². The van der Waals surface area contributed by atoms with E-state index in [9.17, 15) is 9.59 Å². The Morgan fingerprint density at radius 1 is 1.08 bits per heavy atom. The lowest BCUT2D eigenvalue weighted by Crippen LogP contribution is -2.44. The molecule has 0 aromatic heterocycles. The minimum absolute atomic E-state index is 0.0134. The summed E-state index contributed by atoms with van der Waals surface area (Å²) < 4.78 is 21.0. The van der Waals surface area contributed by atoms with Gasteiger partial charge in [-0.25, -0.2) is 0 Å². The average molecular weight is 365 g/mol. The van der Waals surface area contributed by atoms with Crippen LogP contribution in [0.25, 0.3) is 0 Å². The van der Waals surface area contributed by atoms with E-state index in [1.165, 1.54) is 21.3 Å². The highest BCUT2D eigenvalue weighted by Gasteiger charge is 2.24. The fourth-order valence-electron chi connectivity index (χ4n) is 3.15. The molecule has 1 saturated heterocycles. The molecule has 26 heavy (non-hydrogen) atoms. The molecular weight excluding hydrogens is 338 g/mol. The molecule has 1 aromatic carbocycles. The molecule has 0 aliphatic carbocycles. The van der Waals surface area contributed by atoms with Crippen molar-refractivity contribution in [3.05, 3.63) is 17.7 Å². The number of carbonyl (C=O) groups excluding carboxylic acids is 2. The summed E-state index contributed by atoms with van der Waals surface area (Å²) in [4.78, 5) is 26.2. The summed E-state index contributed by atoms with van der Waals surface area (Å²) in [6.07, 6.45) is 3.13. The average Bonchev–Trinajstić information content (AvgIpc) is 2.65. The Morgan fingerprint density at radius 2 is 1.73 bits per heavy atom. The van der Waals surface area contributed by atoms with Gasteiger partial charge in [0.1, 0.15) is 0 Å². The van der Waals surface area contributed by atoms with Crippen molar-refractivity contribution in [2.24, 2.45) is 0 Å². The van der Waals surface area contributed by atoms with E-state index in [-0.39, 0.29) is 25.0 Å². The Bertz CT molecular complexity index is 620. The zero-order valence-corrected chi connectivity index (χ0v) is 15.9. The number of rotatable bonds is 7. The number of nitrogens with zero attached hydrogens (tertiary/aromatic N) is 1. The Hall–Kier alpha value is -2.44. The summed E-state index contributed by atoms with van der Waals surface area (Å²) in [6, 6.07) is 3.58. The quantitative estimate of drug-likeness (QED) is 0.690. The topological polar surface area (TPSA) is 74.3 Å². The van der Waals surface area contributed by atoms with Gasteiger partial charge in [0.05, 0.1) is 27.8 Å². The van der Waals surface area contributed by atoms with E-state index in [4.69, 9.17) is 18.9 Å². The van der Waals surface area contributed by atoms with Gasteiger partial charge in [-0.1, -0.05) is 0 Å². The second-order valence-electron chi connectivity index (χ2n) is 6.30. The molecule has 1 fully saturated rings. The van der Waals surface area contributed by atoms with Crippen LogP contribution in [0.5, 0.6) is 17.2 Å². The smallest absolute Gasteiger partial charge is 0.310 e. The molecule has 1 aliphatic heterocycles. The molecule has 7 nitrogen and oxygen atoms in total. The predicted octanol–water partition coefficient (Wildman–Crippen LogP) is 2.20. The third-order valence-corrected chi connectivity index (χ3v) is 4.55. The first-order valence-corrected chi connectivity index (χ1v) is 8.74. The van der Waals surface area contributed by atoms with Crippen LogP contribution in [0.4, 0.5) is 0 Å². The first kappa shape index (κ1) is 19.9. The minimum atomic E-state index is -0.475. The number of ether oxygens (including phenoxy) is 4. The van der Waals surface area contributed by atoms with E-state index >= 15 is 0 Å². The lowest BCUT2D eigenvalue weighted by Gasteiger charge is -2.33. The number of piperidine rings is 1. The lowest BCUT2D eigenvalue weighted by atomic mass is 10.0. The van der Waals surface area contributed by atoms with Gasteiger partial charge >= 0.3 is 5.97 Å². The highest BCUT2D eigenvalue weighted by atomic mass is 16.5. The van der Waals surface area contributed by atoms with Crippen LogP contribution in [0.3, 0.4) is 0 Å². The molecule has 0 radical (unpaired) electrons. The summed E-state index contributed by atoms with van der Waals surface area (Å²) >= 11 is 0. The number of hydrogen-bond acceptors (Lipinski definition) is 6. The number of hydrogen-bond donors (Lipinski definition) is 0. The molecule has 7 heteroatoms. The monoisotopic (exact) mass is 365 g/mol. The molecule has 144 valence electrons. The van der Waals surface area contributed by atoms with Gasteiger partial charge in [0.25, 0.3) is 5.91 Å². The highest BCUT2D eigenvalue weighted by Crippen LogP contribution is 2.38. The van der Waals surface area contributed by atoms with Crippen LogP contribution in [-0.4, -0.2) is 57.3 Å². The van der Waals surface area contributed by atoms with E-state index in [0.29, 0.717) is 22.8 Å². The Labute approximate surface area is 154 Å². The maximum absolute atomic E-state index is 12.2. The van der Waals surface area contributed by atoms with Crippen LogP contribution in [0.15, 0.2) is 12.1 Å². The summed E-state index contributed by atoms with van der Waals surface area (Å²) in [7, 11) is 4.54. The van der Waals surface area contributed by atoms with Gasteiger partial charge in [0.15, 0.2) is 18.1 Å². The summed E-state index contributed by atoms with van der Waals surface area (Å²) in [5.74, 6) is 0.773. The van der Waals surface area contributed by atoms with Crippen molar-refractivity contribution in [3.63, 3.8) is 0 Å². The minimum Gasteiger partial charge on any atom is -0.493 e. The number of carbonyl (C=O) groups is 2. The molecule has 1 heterocycles. The number of likely N-dealkylation sites (tertiary alicyclic amines) is 1. The largest absolute Gasteiger partial charge is 0.493 e. The van der Waals surface area contributed by atoms with Gasteiger partial charge in [-0.05, 0) is 43.9 Å². The van der Waals surface area contributed by atoms with E-state index in [2.05, 4.69) is 0 Å². The number of amides is 1. The molecule has 0 N–H and O–H groups in total. The molecule has 1 amide bonds. The first-order chi connectivity index (χ1) is 12.5. The summed E-state index contributed by atoms with van der Waals surface area (Å²) in [5, 5.41) is 0. The van der Waals surface area contributed by atoms with Crippen molar-refractivity contribution in [3.8, 4) is 17.2 Å². The van der Waals surface area contributed by atoms with Crippen molar-refractivity contribution in [1.82, 2.24) is 4.90 Å². The molecule has 0 unspecified atom stereocenters. The van der Waals surface area contributed by atoms with Gasteiger partial charge in [0, 0.05) is 12.6 Å².